The number of hydrogen-bond donors (Lipinski definition) is 2. The van der Waals surface area contributed by atoms with E-state index in [0.29, 0.717) is 13.0 Å². The van der Waals surface area contributed by atoms with Gasteiger partial charge in [-0.25, -0.2) is 17.5 Å². The molecule has 0 aliphatic rings. The number of halogens is 1. The van der Waals surface area contributed by atoms with E-state index in [4.69, 9.17) is 5.26 Å². The zero-order chi connectivity index (χ0) is 14.3. The van der Waals surface area contributed by atoms with Crippen LogP contribution in [-0.4, -0.2) is 28.1 Å². The molecule has 0 aliphatic carbocycles. The van der Waals surface area contributed by atoms with Gasteiger partial charge in [0.15, 0.2) is 0 Å². The predicted octanol–water partition coefficient (Wildman–Crippen LogP) is 0.975. The molecule has 0 bridgehead atoms. The van der Waals surface area contributed by atoms with Crippen LogP contribution in [0.15, 0.2) is 23.1 Å². The lowest BCUT2D eigenvalue weighted by Crippen LogP contribution is -2.28. The molecule has 7 heteroatoms. The van der Waals surface area contributed by atoms with Crippen molar-refractivity contribution in [1.29, 1.82) is 5.26 Å². The summed E-state index contributed by atoms with van der Waals surface area (Å²) in [4.78, 5) is -0.321. The molecule has 0 unspecified atom stereocenters. The Morgan fingerprint density at radius 3 is 2.74 bits per heavy atom. The van der Waals surface area contributed by atoms with Gasteiger partial charge >= 0.3 is 0 Å². The van der Waals surface area contributed by atoms with E-state index < -0.39 is 21.4 Å². The van der Waals surface area contributed by atoms with Crippen molar-refractivity contribution in [3.8, 4) is 6.07 Å². The van der Waals surface area contributed by atoms with Gasteiger partial charge in [-0.3, -0.25) is 0 Å². The smallest absolute Gasteiger partial charge is 0.241 e. The summed E-state index contributed by atoms with van der Waals surface area (Å²) in [5, 5.41) is 11.9. The molecule has 0 spiro atoms. The maximum absolute atomic E-state index is 13.3. The molecule has 1 aromatic rings. The molecule has 0 fully saturated rings. The summed E-state index contributed by atoms with van der Waals surface area (Å²) >= 11 is 0. The topological polar surface area (TPSA) is 82.0 Å². The van der Waals surface area contributed by atoms with Gasteiger partial charge < -0.3 is 5.32 Å². The highest BCUT2D eigenvalue weighted by molar-refractivity contribution is 7.89. The number of nitriles is 1. The minimum atomic E-state index is -3.85. The zero-order valence-corrected chi connectivity index (χ0v) is 11.4. The molecule has 1 rings (SSSR count). The highest BCUT2D eigenvalue weighted by Gasteiger charge is 2.20. The fourth-order valence-corrected chi connectivity index (χ4v) is 2.75. The summed E-state index contributed by atoms with van der Waals surface area (Å²) in [5.74, 6) is -0.835. The normalized spacial score (nSPS) is 11.2. The molecule has 0 aromatic heterocycles. The van der Waals surface area contributed by atoms with Crippen molar-refractivity contribution in [1.82, 2.24) is 10.0 Å². The summed E-state index contributed by atoms with van der Waals surface area (Å²) in [6, 6.07) is 5.12. The van der Waals surface area contributed by atoms with E-state index in [-0.39, 0.29) is 11.4 Å². The van der Waals surface area contributed by atoms with Crippen molar-refractivity contribution in [2.24, 2.45) is 0 Å². The molecule has 0 saturated carbocycles. The summed E-state index contributed by atoms with van der Waals surface area (Å²) in [5.41, 5.74) is -0.457. The van der Waals surface area contributed by atoms with Gasteiger partial charge in [0.25, 0.3) is 0 Å². The third-order valence-electron chi connectivity index (χ3n) is 2.45. The fraction of sp³-hybridized carbons (Fsp3) is 0.417. The Kier molecular flexibility index (Phi) is 5.89. The lowest BCUT2D eigenvalue weighted by Gasteiger charge is -2.08. The Morgan fingerprint density at radius 2 is 2.11 bits per heavy atom. The monoisotopic (exact) mass is 285 g/mol. The summed E-state index contributed by atoms with van der Waals surface area (Å²) in [6.45, 7) is 3.69. The molecule has 5 nitrogen and oxygen atoms in total. The highest BCUT2D eigenvalue weighted by atomic mass is 32.2. The lowest BCUT2D eigenvalue weighted by molar-refractivity contribution is 0.571. The van der Waals surface area contributed by atoms with Gasteiger partial charge in [0.1, 0.15) is 22.3 Å². The molecule has 0 atom stereocenters. The van der Waals surface area contributed by atoms with Crippen LogP contribution in [0, 0.1) is 17.1 Å². The SMILES string of the molecule is CCNCCCNS(=O)(=O)c1cccc(F)c1C#N. The van der Waals surface area contributed by atoms with Crippen LogP contribution in [0.5, 0.6) is 0 Å². The Hall–Kier alpha value is -1.49. The first-order chi connectivity index (χ1) is 9.03. The van der Waals surface area contributed by atoms with E-state index in [1.807, 2.05) is 6.92 Å². The lowest BCUT2D eigenvalue weighted by atomic mass is 10.2. The van der Waals surface area contributed by atoms with E-state index in [1.165, 1.54) is 12.1 Å². The van der Waals surface area contributed by atoms with E-state index in [0.717, 1.165) is 12.6 Å². The first-order valence-electron chi connectivity index (χ1n) is 5.92. The highest BCUT2D eigenvalue weighted by Crippen LogP contribution is 2.17. The minimum absolute atomic E-state index is 0.233. The number of benzene rings is 1. The van der Waals surface area contributed by atoms with Crippen molar-refractivity contribution in [2.75, 3.05) is 19.6 Å². The van der Waals surface area contributed by atoms with Crippen LogP contribution < -0.4 is 10.0 Å². The third kappa shape index (κ3) is 4.28. The number of hydrogen-bond acceptors (Lipinski definition) is 4. The fourth-order valence-electron chi connectivity index (χ4n) is 1.51. The van der Waals surface area contributed by atoms with Gasteiger partial charge in [-0.15, -0.1) is 0 Å². The van der Waals surface area contributed by atoms with Crippen molar-refractivity contribution < 1.29 is 12.8 Å². The predicted molar refractivity (Wildman–Crippen MR) is 69.5 cm³/mol. The molecule has 0 saturated heterocycles. The van der Waals surface area contributed by atoms with Crippen LogP contribution in [0.2, 0.25) is 0 Å². The molecule has 19 heavy (non-hydrogen) atoms. The van der Waals surface area contributed by atoms with Crippen LogP contribution in [0.25, 0.3) is 0 Å². The second-order valence-electron chi connectivity index (χ2n) is 3.83. The van der Waals surface area contributed by atoms with Gasteiger partial charge in [-0.05, 0) is 31.6 Å². The molecule has 1 aromatic carbocycles. The van der Waals surface area contributed by atoms with Gasteiger partial charge in [0.05, 0.1) is 0 Å². The molecular formula is C12H16FN3O2S. The number of nitrogens with zero attached hydrogens (tertiary/aromatic N) is 1. The molecule has 0 amide bonds. The van der Waals surface area contributed by atoms with Gasteiger partial charge in [0, 0.05) is 6.54 Å². The van der Waals surface area contributed by atoms with Crippen molar-refractivity contribution in [3.05, 3.63) is 29.6 Å². The molecule has 0 radical (unpaired) electrons. The molecule has 2 N–H and O–H groups in total. The first-order valence-corrected chi connectivity index (χ1v) is 7.40. The van der Waals surface area contributed by atoms with Gasteiger partial charge in [0.2, 0.25) is 10.0 Å². The van der Waals surface area contributed by atoms with Crippen molar-refractivity contribution in [3.63, 3.8) is 0 Å². The average Bonchev–Trinajstić information content (AvgIpc) is 2.38. The van der Waals surface area contributed by atoms with Crippen molar-refractivity contribution in [2.45, 2.75) is 18.2 Å². The Bertz CT molecular complexity index is 567. The summed E-state index contributed by atoms with van der Waals surface area (Å²) in [6.07, 6.45) is 0.615. The van der Waals surface area contributed by atoms with E-state index in [1.54, 1.807) is 6.07 Å². The van der Waals surface area contributed by atoms with Crippen LogP contribution in [0.4, 0.5) is 4.39 Å². The summed E-state index contributed by atoms with van der Waals surface area (Å²) in [7, 11) is -3.85. The largest absolute Gasteiger partial charge is 0.317 e. The van der Waals surface area contributed by atoms with E-state index in [2.05, 4.69) is 10.0 Å². The second kappa shape index (κ2) is 7.19. The zero-order valence-electron chi connectivity index (χ0n) is 10.6. The van der Waals surface area contributed by atoms with E-state index in [9.17, 15) is 12.8 Å². The Balaban J connectivity index is 2.79. The maximum Gasteiger partial charge on any atom is 0.241 e. The molecule has 0 aliphatic heterocycles. The minimum Gasteiger partial charge on any atom is -0.317 e. The van der Waals surface area contributed by atoms with Crippen LogP contribution in [-0.2, 0) is 10.0 Å². The Morgan fingerprint density at radius 1 is 1.37 bits per heavy atom. The molecular weight excluding hydrogens is 269 g/mol. The standard InChI is InChI=1S/C12H16FN3O2S/c1-2-15-7-4-8-16-19(17,18)12-6-3-5-11(13)10(12)9-14/h3,5-6,15-16H,2,4,7-8H2,1H3. The number of nitrogens with one attached hydrogen (secondary N) is 2. The quantitative estimate of drug-likeness (QED) is 0.732. The van der Waals surface area contributed by atoms with Crippen LogP contribution in [0.1, 0.15) is 18.9 Å². The third-order valence-corrected chi connectivity index (χ3v) is 3.95. The van der Waals surface area contributed by atoms with Crippen molar-refractivity contribution >= 4 is 10.0 Å². The van der Waals surface area contributed by atoms with E-state index >= 15 is 0 Å². The van der Waals surface area contributed by atoms with Crippen LogP contribution >= 0.6 is 0 Å². The maximum atomic E-state index is 13.3. The Labute approximate surface area is 112 Å². The molecule has 104 valence electrons. The molecule has 0 heterocycles. The summed E-state index contributed by atoms with van der Waals surface area (Å²) < 4.78 is 39.6. The average molecular weight is 285 g/mol. The number of rotatable bonds is 7. The number of sulfonamides is 1. The second-order valence-corrected chi connectivity index (χ2v) is 5.57. The first kappa shape index (κ1) is 15.6. The van der Waals surface area contributed by atoms with Gasteiger partial charge in [-0.1, -0.05) is 13.0 Å². The van der Waals surface area contributed by atoms with Gasteiger partial charge in [-0.2, -0.15) is 5.26 Å². The van der Waals surface area contributed by atoms with Crippen LogP contribution in [0.3, 0.4) is 0 Å².